The number of phenolic OH excluding ortho intramolecular Hbond substituents is 3. The molecule has 4 aromatic rings. The van der Waals surface area contributed by atoms with Gasteiger partial charge in [-0.2, -0.15) is 9.40 Å². The lowest BCUT2D eigenvalue weighted by Crippen LogP contribution is -2.39. The molecule has 2 aromatic carbocycles. The standard InChI is InChI=1S/C24H23BrN4O5S.CH4/c25-18-14-26-29-16(13-19(27-24(18)29)17-4-1-2-5-20(17)30)12-15-8-10-28(11-9-15)35(33,34)23-21(31)6-3-7-22(23)32;/h1-7,13-15,30-32H,8-12H2;1H4. The molecule has 0 bridgehead atoms. The molecule has 0 saturated carbocycles. The van der Waals surface area contributed by atoms with Crippen LogP contribution in [0.2, 0.25) is 0 Å². The molecule has 1 aliphatic heterocycles. The maximum atomic E-state index is 13.1. The summed E-state index contributed by atoms with van der Waals surface area (Å²) in [5.41, 5.74) is 2.78. The smallest absolute Gasteiger partial charge is 0.250 e. The van der Waals surface area contributed by atoms with Gasteiger partial charge in [-0.25, -0.2) is 17.9 Å². The number of phenols is 3. The molecule has 190 valence electrons. The van der Waals surface area contributed by atoms with Gasteiger partial charge in [0.05, 0.1) is 16.4 Å². The van der Waals surface area contributed by atoms with Crippen LogP contribution in [0.5, 0.6) is 17.2 Å². The lowest BCUT2D eigenvalue weighted by molar-refractivity contribution is 0.269. The number of hydrogen-bond acceptors (Lipinski definition) is 7. The molecule has 0 atom stereocenters. The molecule has 9 nitrogen and oxygen atoms in total. The Morgan fingerprint density at radius 3 is 2.28 bits per heavy atom. The fourth-order valence-corrected chi connectivity index (χ4v) is 6.49. The minimum atomic E-state index is -4.03. The third-order valence-corrected chi connectivity index (χ3v) is 8.86. The fourth-order valence-electron chi connectivity index (χ4n) is 4.53. The zero-order valence-corrected chi connectivity index (χ0v) is 20.9. The van der Waals surface area contributed by atoms with E-state index in [0.29, 0.717) is 36.2 Å². The number of benzene rings is 2. The van der Waals surface area contributed by atoms with E-state index in [1.54, 1.807) is 28.9 Å². The van der Waals surface area contributed by atoms with Crippen molar-refractivity contribution in [2.24, 2.45) is 5.92 Å². The molecule has 1 saturated heterocycles. The lowest BCUT2D eigenvalue weighted by atomic mass is 9.92. The first kappa shape index (κ1) is 25.9. The molecular formula is C25H27BrN4O5S. The van der Waals surface area contributed by atoms with Crippen LogP contribution in [-0.2, 0) is 16.4 Å². The maximum absolute atomic E-state index is 13.1. The molecule has 36 heavy (non-hydrogen) atoms. The summed E-state index contributed by atoms with van der Waals surface area (Å²) in [5, 5.41) is 34.9. The number of fused-ring (bicyclic) bond motifs is 1. The molecule has 1 fully saturated rings. The topological polar surface area (TPSA) is 128 Å². The van der Waals surface area contributed by atoms with Crippen molar-refractivity contribution in [2.45, 2.75) is 31.6 Å². The number of halogens is 1. The number of sulfonamides is 1. The predicted octanol–water partition coefficient (Wildman–Crippen LogP) is 4.56. The summed E-state index contributed by atoms with van der Waals surface area (Å²) in [5.74, 6) is -0.610. The van der Waals surface area contributed by atoms with Crippen molar-refractivity contribution in [1.82, 2.24) is 18.9 Å². The molecule has 2 aromatic heterocycles. The highest BCUT2D eigenvalue weighted by Crippen LogP contribution is 2.36. The maximum Gasteiger partial charge on any atom is 0.250 e. The van der Waals surface area contributed by atoms with E-state index in [2.05, 4.69) is 26.0 Å². The van der Waals surface area contributed by atoms with Gasteiger partial charge < -0.3 is 15.3 Å². The number of aromatic nitrogens is 3. The highest BCUT2D eigenvalue weighted by Gasteiger charge is 2.33. The Morgan fingerprint density at radius 2 is 1.61 bits per heavy atom. The Labute approximate surface area is 217 Å². The minimum Gasteiger partial charge on any atom is -0.507 e. The first-order valence-corrected chi connectivity index (χ1v) is 13.3. The molecule has 5 rings (SSSR count). The van der Waals surface area contributed by atoms with Gasteiger partial charge in [-0.3, -0.25) is 0 Å². The molecular weight excluding hydrogens is 548 g/mol. The number of rotatable bonds is 5. The molecule has 0 spiro atoms. The largest absolute Gasteiger partial charge is 0.507 e. The summed E-state index contributed by atoms with van der Waals surface area (Å²) < 4.78 is 29.9. The van der Waals surface area contributed by atoms with Gasteiger partial charge in [-0.05, 0) is 71.4 Å². The fraction of sp³-hybridized carbons (Fsp3) is 0.280. The van der Waals surface area contributed by atoms with Crippen molar-refractivity contribution in [3.05, 3.63) is 64.9 Å². The van der Waals surface area contributed by atoms with Crippen LogP contribution in [0.4, 0.5) is 0 Å². The van der Waals surface area contributed by atoms with Crippen LogP contribution in [0.15, 0.2) is 64.1 Å². The van der Waals surface area contributed by atoms with Gasteiger partial charge in [-0.15, -0.1) is 0 Å². The molecule has 0 unspecified atom stereocenters. The van der Waals surface area contributed by atoms with Gasteiger partial charge in [0.25, 0.3) is 0 Å². The van der Waals surface area contributed by atoms with E-state index in [1.165, 1.54) is 22.5 Å². The van der Waals surface area contributed by atoms with Crippen LogP contribution in [0.1, 0.15) is 26.0 Å². The summed E-state index contributed by atoms with van der Waals surface area (Å²) in [6.07, 6.45) is 3.52. The Kier molecular flexibility index (Phi) is 7.26. The molecule has 0 aliphatic carbocycles. The normalized spacial score (nSPS) is 15.1. The second kappa shape index (κ2) is 10.1. The number of piperidine rings is 1. The van der Waals surface area contributed by atoms with E-state index in [1.807, 2.05) is 12.1 Å². The van der Waals surface area contributed by atoms with Crippen molar-refractivity contribution >= 4 is 31.6 Å². The molecule has 3 N–H and O–H groups in total. The average Bonchev–Trinajstić information content (AvgIpc) is 3.20. The molecule has 0 amide bonds. The zero-order chi connectivity index (χ0) is 24.7. The summed E-state index contributed by atoms with van der Waals surface area (Å²) in [4.78, 5) is 4.22. The minimum absolute atomic E-state index is 0. The summed E-state index contributed by atoms with van der Waals surface area (Å²) in [7, 11) is -4.03. The van der Waals surface area contributed by atoms with E-state index in [0.717, 1.165) is 10.2 Å². The molecule has 1 aliphatic rings. The number of hydrogen-bond donors (Lipinski definition) is 3. The van der Waals surface area contributed by atoms with E-state index in [9.17, 15) is 23.7 Å². The molecule has 0 radical (unpaired) electrons. The van der Waals surface area contributed by atoms with Gasteiger partial charge in [0.1, 0.15) is 17.2 Å². The van der Waals surface area contributed by atoms with Crippen LogP contribution in [0.3, 0.4) is 0 Å². The number of para-hydroxylation sites is 1. The van der Waals surface area contributed by atoms with Gasteiger partial charge in [-0.1, -0.05) is 25.6 Å². The Hall–Kier alpha value is -3.15. The second-order valence-electron chi connectivity index (χ2n) is 8.55. The van der Waals surface area contributed by atoms with E-state index in [-0.39, 0.29) is 32.2 Å². The van der Waals surface area contributed by atoms with Gasteiger partial charge >= 0.3 is 0 Å². The quantitative estimate of drug-likeness (QED) is 0.319. The van der Waals surface area contributed by atoms with Crippen LogP contribution in [-0.4, -0.2) is 55.7 Å². The van der Waals surface area contributed by atoms with Crippen LogP contribution in [0.25, 0.3) is 16.9 Å². The van der Waals surface area contributed by atoms with Crippen molar-refractivity contribution in [3.63, 3.8) is 0 Å². The first-order chi connectivity index (χ1) is 16.8. The number of aromatic hydroxyl groups is 3. The second-order valence-corrected chi connectivity index (χ2v) is 11.3. The van der Waals surface area contributed by atoms with Crippen molar-refractivity contribution in [3.8, 4) is 28.5 Å². The predicted molar refractivity (Wildman–Crippen MR) is 139 cm³/mol. The monoisotopic (exact) mass is 574 g/mol. The Morgan fingerprint density at radius 1 is 0.972 bits per heavy atom. The van der Waals surface area contributed by atoms with Crippen LogP contribution >= 0.6 is 15.9 Å². The zero-order valence-electron chi connectivity index (χ0n) is 18.5. The Balaban J connectivity index is 0.00000304. The highest BCUT2D eigenvalue weighted by molar-refractivity contribution is 9.10. The summed E-state index contributed by atoms with van der Waals surface area (Å²) in [6.45, 7) is 0.536. The first-order valence-electron chi connectivity index (χ1n) is 11.1. The molecule has 11 heteroatoms. The third-order valence-electron chi connectivity index (χ3n) is 6.33. The Bertz CT molecular complexity index is 1490. The van der Waals surface area contributed by atoms with Crippen LogP contribution in [0, 0.1) is 5.92 Å². The highest BCUT2D eigenvalue weighted by atomic mass is 79.9. The SMILES string of the molecule is C.O=S(=O)(c1c(O)cccc1O)N1CCC(Cc2cc(-c3ccccc3O)nc3c(Br)cnn23)CC1. The van der Waals surface area contributed by atoms with Crippen molar-refractivity contribution in [1.29, 1.82) is 0 Å². The third kappa shape index (κ3) is 4.65. The average molecular weight is 575 g/mol. The van der Waals surface area contributed by atoms with Gasteiger partial charge in [0, 0.05) is 24.3 Å². The van der Waals surface area contributed by atoms with Crippen molar-refractivity contribution < 1.29 is 23.7 Å². The van der Waals surface area contributed by atoms with E-state index in [4.69, 9.17) is 0 Å². The van der Waals surface area contributed by atoms with E-state index < -0.39 is 26.4 Å². The van der Waals surface area contributed by atoms with E-state index >= 15 is 0 Å². The van der Waals surface area contributed by atoms with Crippen molar-refractivity contribution in [2.75, 3.05) is 13.1 Å². The summed E-state index contributed by atoms with van der Waals surface area (Å²) >= 11 is 3.49. The molecule has 3 heterocycles. The van der Waals surface area contributed by atoms with Gasteiger partial charge in [0.2, 0.25) is 10.0 Å². The summed E-state index contributed by atoms with van der Waals surface area (Å²) in [6, 6.07) is 12.8. The van der Waals surface area contributed by atoms with Crippen LogP contribution < -0.4 is 0 Å². The number of nitrogens with zero attached hydrogens (tertiary/aromatic N) is 4. The lowest BCUT2D eigenvalue weighted by Gasteiger charge is -2.31. The van der Waals surface area contributed by atoms with Gasteiger partial charge in [0.15, 0.2) is 10.5 Å².